The smallest absolute Gasteiger partial charge is 0.251 e. The first-order valence-electron chi connectivity index (χ1n) is 6.56. The van der Waals surface area contributed by atoms with Gasteiger partial charge in [0, 0.05) is 21.5 Å². The number of hydrogen-bond acceptors (Lipinski definition) is 2. The molecule has 0 saturated carbocycles. The summed E-state index contributed by atoms with van der Waals surface area (Å²) in [4.78, 5) is 23.8. The first kappa shape index (κ1) is 16.5. The molecular weight excluding hydrogens is 368 g/mol. The van der Waals surface area contributed by atoms with Crippen molar-refractivity contribution in [1.82, 2.24) is 5.32 Å². The lowest BCUT2D eigenvalue weighted by molar-refractivity contribution is -0.119. The standard InChI is InChI=1S/C16H14BrClN2O2/c17-12-5-2-4-11(9-12)16(22)20-14(15(19)21)8-10-3-1-6-13(18)7-10/h1-7,9,14H,8H2,(H2,19,21)(H,20,22)/t14-/m0/s1. The highest BCUT2D eigenvalue weighted by Gasteiger charge is 2.19. The van der Waals surface area contributed by atoms with Crippen molar-refractivity contribution in [3.63, 3.8) is 0 Å². The Labute approximate surface area is 141 Å². The van der Waals surface area contributed by atoms with Crippen LogP contribution < -0.4 is 11.1 Å². The predicted octanol–water partition coefficient (Wildman–Crippen LogP) is 2.93. The van der Waals surface area contributed by atoms with Crippen LogP contribution in [0.2, 0.25) is 5.02 Å². The molecule has 6 heteroatoms. The van der Waals surface area contributed by atoms with E-state index in [1.807, 2.05) is 12.1 Å². The minimum Gasteiger partial charge on any atom is -0.368 e. The van der Waals surface area contributed by atoms with Gasteiger partial charge in [-0.15, -0.1) is 0 Å². The average Bonchev–Trinajstić information content (AvgIpc) is 2.46. The maximum atomic E-state index is 12.2. The molecular formula is C16H14BrClN2O2. The van der Waals surface area contributed by atoms with Crippen LogP contribution in [0.25, 0.3) is 0 Å². The fourth-order valence-corrected chi connectivity index (χ4v) is 2.61. The lowest BCUT2D eigenvalue weighted by Gasteiger charge is -2.16. The van der Waals surface area contributed by atoms with Gasteiger partial charge >= 0.3 is 0 Å². The number of primary amides is 1. The van der Waals surface area contributed by atoms with Crippen LogP contribution >= 0.6 is 27.5 Å². The van der Waals surface area contributed by atoms with Crippen molar-refractivity contribution in [3.8, 4) is 0 Å². The molecule has 0 heterocycles. The van der Waals surface area contributed by atoms with E-state index in [1.165, 1.54) is 0 Å². The molecule has 2 aromatic rings. The molecule has 2 amide bonds. The van der Waals surface area contributed by atoms with Gasteiger partial charge in [0.15, 0.2) is 0 Å². The van der Waals surface area contributed by atoms with Crippen LogP contribution in [0.4, 0.5) is 0 Å². The second-order valence-electron chi connectivity index (χ2n) is 4.77. The highest BCUT2D eigenvalue weighted by Crippen LogP contribution is 2.14. The third kappa shape index (κ3) is 4.58. The number of rotatable bonds is 5. The fourth-order valence-electron chi connectivity index (χ4n) is 1.99. The average molecular weight is 382 g/mol. The van der Waals surface area contributed by atoms with Crippen molar-refractivity contribution in [2.45, 2.75) is 12.5 Å². The quantitative estimate of drug-likeness (QED) is 0.836. The molecule has 0 bridgehead atoms. The molecule has 0 unspecified atom stereocenters. The second kappa shape index (κ2) is 7.42. The Morgan fingerprint density at radius 1 is 1.18 bits per heavy atom. The van der Waals surface area contributed by atoms with Gasteiger partial charge in [0.2, 0.25) is 5.91 Å². The van der Waals surface area contributed by atoms with Crippen molar-refractivity contribution in [2.75, 3.05) is 0 Å². The molecule has 2 rings (SSSR count). The van der Waals surface area contributed by atoms with E-state index in [9.17, 15) is 9.59 Å². The number of carbonyl (C=O) groups is 2. The molecule has 0 saturated heterocycles. The Hall–Kier alpha value is -1.85. The van der Waals surface area contributed by atoms with E-state index in [1.54, 1.807) is 36.4 Å². The zero-order valence-corrected chi connectivity index (χ0v) is 13.9. The van der Waals surface area contributed by atoms with Crippen molar-refractivity contribution < 1.29 is 9.59 Å². The predicted molar refractivity (Wildman–Crippen MR) is 89.7 cm³/mol. The van der Waals surface area contributed by atoms with Gasteiger partial charge in [-0.3, -0.25) is 9.59 Å². The molecule has 0 aliphatic rings. The number of amides is 2. The first-order valence-corrected chi connectivity index (χ1v) is 7.73. The van der Waals surface area contributed by atoms with E-state index < -0.39 is 11.9 Å². The second-order valence-corrected chi connectivity index (χ2v) is 6.12. The Morgan fingerprint density at radius 2 is 1.91 bits per heavy atom. The molecule has 22 heavy (non-hydrogen) atoms. The van der Waals surface area contributed by atoms with E-state index in [4.69, 9.17) is 17.3 Å². The molecule has 4 nitrogen and oxygen atoms in total. The summed E-state index contributed by atoms with van der Waals surface area (Å²) in [5, 5.41) is 3.22. The fraction of sp³-hybridized carbons (Fsp3) is 0.125. The highest BCUT2D eigenvalue weighted by molar-refractivity contribution is 9.10. The van der Waals surface area contributed by atoms with Gasteiger partial charge in [0.1, 0.15) is 6.04 Å². The van der Waals surface area contributed by atoms with Crippen molar-refractivity contribution in [2.24, 2.45) is 5.73 Å². The van der Waals surface area contributed by atoms with Gasteiger partial charge in [-0.1, -0.05) is 45.7 Å². The van der Waals surface area contributed by atoms with Crippen LogP contribution in [0, 0.1) is 0 Å². The minimum absolute atomic E-state index is 0.287. The summed E-state index contributed by atoms with van der Waals surface area (Å²) in [6.07, 6.45) is 0.287. The number of benzene rings is 2. The van der Waals surface area contributed by atoms with Gasteiger partial charge in [-0.2, -0.15) is 0 Å². The summed E-state index contributed by atoms with van der Waals surface area (Å²) in [7, 11) is 0. The van der Waals surface area contributed by atoms with Crippen LogP contribution in [0.3, 0.4) is 0 Å². The summed E-state index contributed by atoms with van der Waals surface area (Å²) in [6.45, 7) is 0. The van der Waals surface area contributed by atoms with E-state index in [-0.39, 0.29) is 12.3 Å². The monoisotopic (exact) mass is 380 g/mol. The van der Waals surface area contributed by atoms with E-state index in [0.29, 0.717) is 10.6 Å². The van der Waals surface area contributed by atoms with E-state index in [0.717, 1.165) is 10.0 Å². The molecule has 2 aromatic carbocycles. The van der Waals surface area contributed by atoms with Gasteiger partial charge in [0.25, 0.3) is 5.91 Å². The molecule has 1 atom stereocenters. The number of halogens is 2. The lowest BCUT2D eigenvalue weighted by atomic mass is 10.0. The summed E-state index contributed by atoms with van der Waals surface area (Å²) >= 11 is 9.22. The topological polar surface area (TPSA) is 72.2 Å². The largest absolute Gasteiger partial charge is 0.368 e. The zero-order valence-electron chi connectivity index (χ0n) is 11.6. The van der Waals surface area contributed by atoms with E-state index >= 15 is 0 Å². The number of carbonyl (C=O) groups excluding carboxylic acids is 2. The SMILES string of the molecule is NC(=O)[C@H](Cc1cccc(Cl)c1)NC(=O)c1cccc(Br)c1. The maximum absolute atomic E-state index is 12.2. The van der Waals surface area contributed by atoms with Gasteiger partial charge in [-0.25, -0.2) is 0 Å². The number of hydrogen-bond donors (Lipinski definition) is 2. The van der Waals surface area contributed by atoms with Crippen molar-refractivity contribution in [3.05, 3.63) is 69.2 Å². The third-order valence-corrected chi connectivity index (χ3v) is 3.79. The summed E-state index contributed by atoms with van der Waals surface area (Å²) < 4.78 is 0.783. The minimum atomic E-state index is -0.801. The molecule has 0 aliphatic heterocycles. The van der Waals surface area contributed by atoms with Crippen LogP contribution in [-0.4, -0.2) is 17.9 Å². The Kier molecular flexibility index (Phi) is 5.57. The normalized spacial score (nSPS) is 11.7. The number of nitrogens with two attached hydrogens (primary N) is 1. The Morgan fingerprint density at radius 3 is 2.55 bits per heavy atom. The molecule has 3 N–H and O–H groups in total. The Bertz CT molecular complexity index is 706. The first-order chi connectivity index (χ1) is 10.5. The third-order valence-electron chi connectivity index (χ3n) is 3.06. The molecule has 0 spiro atoms. The van der Waals surface area contributed by atoms with Crippen LogP contribution in [-0.2, 0) is 11.2 Å². The van der Waals surface area contributed by atoms with Gasteiger partial charge < -0.3 is 11.1 Å². The molecule has 114 valence electrons. The summed E-state index contributed by atoms with van der Waals surface area (Å²) in [5.41, 5.74) is 6.66. The van der Waals surface area contributed by atoms with Gasteiger partial charge in [-0.05, 0) is 35.9 Å². The molecule has 0 radical (unpaired) electrons. The molecule has 0 aliphatic carbocycles. The van der Waals surface area contributed by atoms with Crippen molar-refractivity contribution in [1.29, 1.82) is 0 Å². The summed E-state index contributed by atoms with van der Waals surface area (Å²) in [5.74, 6) is -0.949. The maximum Gasteiger partial charge on any atom is 0.251 e. The summed E-state index contributed by atoms with van der Waals surface area (Å²) in [6, 6.07) is 13.2. The lowest BCUT2D eigenvalue weighted by Crippen LogP contribution is -2.45. The van der Waals surface area contributed by atoms with Crippen LogP contribution in [0.15, 0.2) is 53.0 Å². The molecule has 0 aromatic heterocycles. The van der Waals surface area contributed by atoms with Crippen molar-refractivity contribution >= 4 is 39.3 Å². The zero-order chi connectivity index (χ0) is 16.1. The number of nitrogens with one attached hydrogen (secondary N) is 1. The van der Waals surface area contributed by atoms with Crippen LogP contribution in [0.1, 0.15) is 15.9 Å². The van der Waals surface area contributed by atoms with Crippen LogP contribution in [0.5, 0.6) is 0 Å². The van der Waals surface area contributed by atoms with Gasteiger partial charge in [0.05, 0.1) is 0 Å². The molecule has 0 fully saturated rings. The Balaban J connectivity index is 2.12. The highest BCUT2D eigenvalue weighted by atomic mass is 79.9. The van der Waals surface area contributed by atoms with E-state index in [2.05, 4.69) is 21.2 Å².